The molecular formula is C4H3ClF2N2S. The van der Waals surface area contributed by atoms with Gasteiger partial charge in [0.1, 0.15) is 5.01 Å². The molecule has 2 nitrogen and oxygen atoms in total. The highest BCUT2D eigenvalue weighted by atomic mass is 35.5. The van der Waals surface area contributed by atoms with Crippen molar-refractivity contribution < 1.29 is 8.78 Å². The van der Waals surface area contributed by atoms with Crippen LogP contribution in [0.15, 0.2) is 0 Å². The van der Waals surface area contributed by atoms with Crippen LogP contribution in [0.4, 0.5) is 8.78 Å². The molecule has 0 aliphatic carbocycles. The summed E-state index contributed by atoms with van der Waals surface area (Å²) in [7, 11) is 0. The lowest BCUT2D eigenvalue weighted by Gasteiger charge is -1.98. The van der Waals surface area contributed by atoms with Crippen molar-refractivity contribution in [3.05, 3.63) is 10.0 Å². The molecule has 0 unspecified atom stereocenters. The summed E-state index contributed by atoms with van der Waals surface area (Å²) >= 11 is 5.44. The molecule has 6 heteroatoms. The average molecular weight is 185 g/mol. The topological polar surface area (TPSA) is 25.8 Å². The minimum Gasteiger partial charge on any atom is -0.180 e. The molecule has 0 N–H and O–H groups in total. The number of aromatic nitrogens is 2. The zero-order valence-corrected chi connectivity index (χ0v) is 6.51. The molecule has 0 aliphatic rings. The second-order valence-corrected chi connectivity index (χ2v) is 3.28. The Morgan fingerprint density at radius 1 is 1.50 bits per heavy atom. The molecule has 0 radical (unpaired) electrons. The average Bonchev–Trinajstić information content (AvgIpc) is 2.11. The molecule has 0 saturated carbocycles. The molecular weight excluding hydrogens is 182 g/mol. The summed E-state index contributed by atoms with van der Waals surface area (Å²) in [6.07, 6.45) is 0. The Balaban J connectivity index is 2.96. The molecule has 0 aliphatic heterocycles. The highest BCUT2D eigenvalue weighted by Crippen LogP contribution is 2.33. The zero-order valence-electron chi connectivity index (χ0n) is 4.94. The van der Waals surface area contributed by atoms with Gasteiger partial charge in [0, 0.05) is 0 Å². The second-order valence-electron chi connectivity index (χ2n) is 1.62. The van der Waals surface area contributed by atoms with Crippen molar-refractivity contribution in [1.29, 1.82) is 0 Å². The van der Waals surface area contributed by atoms with Crippen LogP contribution in [0, 0.1) is 6.92 Å². The van der Waals surface area contributed by atoms with E-state index in [4.69, 9.17) is 0 Å². The van der Waals surface area contributed by atoms with Gasteiger partial charge in [-0.3, -0.25) is 0 Å². The van der Waals surface area contributed by atoms with Crippen molar-refractivity contribution in [2.75, 3.05) is 0 Å². The van der Waals surface area contributed by atoms with Crippen LogP contribution in [0.3, 0.4) is 0 Å². The number of halogens is 3. The summed E-state index contributed by atoms with van der Waals surface area (Å²) in [5, 5.41) is 3.22. The third kappa shape index (κ3) is 1.60. The van der Waals surface area contributed by atoms with Crippen LogP contribution in [0.25, 0.3) is 0 Å². The van der Waals surface area contributed by atoms with Gasteiger partial charge in [-0.15, -0.1) is 10.2 Å². The SMILES string of the molecule is Cc1nnc(C(F)(F)Cl)s1. The summed E-state index contributed by atoms with van der Waals surface area (Å²) in [6.45, 7) is 1.59. The third-order valence-corrected chi connectivity index (χ3v) is 1.97. The van der Waals surface area contributed by atoms with E-state index in [0.717, 1.165) is 11.3 Å². The summed E-state index contributed by atoms with van der Waals surface area (Å²) in [5.41, 5.74) is 0. The van der Waals surface area contributed by atoms with E-state index in [2.05, 4.69) is 21.8 Å². The van der Waals surface area contributed by atoms with Crippen LogP contribution in [-0.4, -0.2) is 10.2 Å². The number of alkyl halides is 3. The van der Waals surface area contributed by atoms with Gasteiger partial charge in [0.15, 0.2) is 0 Å². The molecule has 0 amide bonds. The molecule has 0 atom stereocenters. The fourth-order valence-electron chi connectivity index (χ4n) is 0.411. The molecule has 56 valence electrons. The fraction of sp³-hybridized carbons (Fsp3) is 0.500. The first-order valence-corrected chi connectivity index (χ1v) is 3.57. The lowest BCUT2D eigenvalue weighted by molar-refractivity contribution is 0.0939. The van der Waals surface area contributed by atoms with Crippen LogP contribution in [0.1, 0.15) is 10.0 Å². The number of hydrogen-bond acceptors (Lipinski definition) is 3. The van der Waals surface area contributed by atoms with E-state index in [0.29, 0.717) is 5.01 Å². The Labute approximate surface area is 64.8 Å². The van der Waals surface area contributed by atoms with Gasteiger partial charge in [0.05, 0.1) is 0 Å². The van der Waals surface area contributed by atoms with Crippen molar-refractivity contribution in [3.8, 4) is 0 Å². The summed E-state index contributed by atoms with van der Waals surface area (Å²) in [5.74, 6) is 0. The predicted molar refractivity (Wildman–Crippen MR) is 34.4 cm³/mol. The lowest BCUT2D eigenvalue weighted by Crippen LogP contribution is -2.01. The normalized spacial score (nSPS) is 12.0. The maximum atomic E-state index is 12.1. The van der Waals surface area contributed by atoms with Gasteiger partial charge in [0.2, 0.25) is 5.01 Å². The molecule has 10 heavy (non-hydrogen) atoms. The van der Waals surface area contributed by atoms with E-state index in [1.54, 1.807) is 6.92 Å². The molecule has 1 aromatic rings. The minimum atomic E-state index is -3.37. The molecule has 0 spiro atoms. The molecule has 1 heterocycles. The van der Waals surface area contributed by atoms with E-state index in [1.165, 1.54) is 0 Å². The van der Waals surface area contributed by atoms with Crippen LogP contribution < -0.4 is 0 Å². The van der Waals surface area contributed by atoms with Gasteiger partial charge < -0.3 is 0 Å². The monoisotopic (exact) mass is 184 g/mol. The van der Waals surface area contributed by atoms with Crippen molar-refractivity contribution in [2.24, 2.45) is 0 Å². The Morgan fingerprint density at radius 3 is 2.30 bits per heavy atom. The van der Waals surface area contributed by atoms with Gasteiger partial charge in [-0.1, -0.05) is 11.3 Å². The van der Waals surface area contributed by atoms with Gasteiger partial charge in [-0.05, 0) is 18.5 Å². The predicted octanol–water partition coefficient (Wildman–Crippen LogP) is 2.13. The second kappa shape index (κ2) is 2.39. The quantitative estimate of drug-likeness (QED) is 0.625. The van der Waals surface area contributed by atoms with E-state index in [9.17, 15) is 8.78 Å². The maximum absolute atomic E-state index is 12.1. The summed E-state index contributed by atoms with van der Waals surface area (Å²) in [6, 6.07) is 0. The van der Waals surface area contributed by atoms with E-state index in [1.807, 2.05) is 0 Å². The largest absolute Gasteiger partial charge is 0.375 e. The summed E-state index contributed by atoms with van der Waals surface area (Å²) < 4.78 is 24.3. The highest BCUT2D eigenvalue weighted by Gasteiger charge is 2.32. The van der Waals surface area contributed by atoms with Crippen molar-refractivity contribution in [1.82, 2.24) is 10.2 Å². The number of aryl methyl sites for hydroxylation is 1. The van der Waals surface area contributed by atoms with Crippen LogP contribution in [-0.2, 0) is 5.38 Å². The van der Waals surface area contributed by atoms with Gasteiger partial charge in [-0.25, -0.2) is 0 Å². The first-order chi connectivity index (χ1) is 4.50. The molecule has 0 fully saturated rings. The number of rotatable bonds is 1. The first-order valence-electron chi connectivity index (χ1n) is 2.37. The van der Waals surface area contributed by atoms with E-state index >= 15 is 0 Å². The fourth-order valence-corrected chi connectivity index (χ4v) is 1.12. The summed E-state index contributed by atoms with van der Waals surface area (Å²) in [4.78, 5) is 0. The van der Waals surface area contributed by atoms with Crippen LogP contribution in [0.5, 0.6) is 0 Å². The van der Waals surface area contributed by atoms with Gasteiger partial charge >= 0.3 is 5.38 Å². The van der Waals surface area contributed by atoms with Crippen molar-refractivity contribution in [3.63, 3.8) is 0 Å². The standard InChI is InChI=1S/C4H3ClF2N2S/c1-2-8-9-3(10-2)4(5,6)7/h1H3. The van der Waals surface area contributed by atoms with E-state index < -0.39 is 10.4 Å². The molecule has 1 aromatic heterocycles. The number of nitrogens with zero attached hydrogens (tertiary/aromatic N) is 2. The molecule has 1 rings (SSSR count). The Morgan fingerprint density at radius 2 is 2.10 bits per heavy atom. The zero-order chi connectivity index (χ0) is 7.78. The van der Waals surface area contributed by atoms with Crippen LogP contribution >= 0.6 is 22.9 Å². The van der Waals surface area contributed by atoms with Gasteiger partial charge in [0.25, 0.3) is 0 Å². The Bertz CT molecular complexity index is 231. The van der Waals surface area contributed by atoms with Gasteiger partial charge in [-0.2, -0.15) is 8.78 Å². The van der Waals surface area contributed by atoms with Crippen LogP contribution in [0.2, 0.25) is 0 Å². The highest BCUT2D eigenvalue weighted by molar-refractivity contribution is 7.11. The van der Waals surface area contributed by atoms with E-state index in [-0.39, 0.29) is 0 Å². The van der Waals surface area contributed by atoms with Crippen molar-refractivity contribution in [2.45, 2.75) is 12.3 Å². The molecule has 0 bridgehead atoms. The Kier molecular flexibility index (Phi) is 1.87. The molecule has 0 saturated heterocycles. The maximum Gasteiger partial charge on any atom is 0.375 e. The first kappa shape index (κ1) is 7.81. The third-order valence-electron chi connectivity index (χ3n) is 0.769. The smallest absolute Gasteiger partial charge is 0.180 e. The Hall–Kier alpha value is -0.290. The molecule has 0 aromatic carbocycles. The van der Waals surface area contributed by atoms with Crippen molar-refractivity contribution >= 4 is 22.9 Å². The lowest BCUT2D eigenvalue weighted by atomic mass is 10.7. The minimum absolute atomic E-state index is 0.452. The number of hydrogen-bond donors (Lipinski definition) is 0.